The highest BCUT2D eigenvalue weighted by Gasteiger charge is 2.27. The molecule has 0 saturated heterocycles. The molecule has 32 heavy (non-hydrogen) atoms. The quantitative estimate of drug-likeness (QED) is 0.332. The van der Waals surface area contributed by atoms with Gasteiger partial charge in [-0.3, -0.25) is 15.0 Å². The molecule has 0 aliphatic heterocycles. The maximum Gasteiger partial charge on any atom is 0.422 e. The minimum absolute atomic E-state index is 0.202. The highest BCUT2D eigenvalue weighted by Crippen LogP contribution is 2.08. The van der Waals surface area contributed by atoms with Crippen LogP contribution in [0.4, 0.5) is 4.79 Å². The van der Waals surface area contributed by atoms with E-state index in [0.717, 1.165) is 11.7 Å². The monoisotopic (exact) mass is 476 g/mol. The van der Waals surface area contributed by atoms with E-state index < -0.39 is 51.5 Å². The summed E-state index contributed by atoms with van der Waals surface area (Å²) in [6, 6.07) is -2.19. The number of sulfone groups is 1. The number of hydrogen-bond donors (Lipinski definition) is 4. The van der Waals surface area contributed by atoms with Gasteiger partial charge in [0.05, 0.1) is 0 Å². The molecule has 11 heteroatoms. The molecule has 0 saturated carbocycles. The van der Waals surface area contributed by atoms with Crippen LogP contribution in [0.15, 0.2) is 11.5 Å². The van der Waals surface area contributed by atoms with Gasteiger partial charge in [0.1, 0.15) is 17.7 Å². The lowest BCUT2D eigenvalue weighted by Crippen LogP contribution is -2.58. The number of hydrazine groups is 1. The van der Waals surface area contributed by atoms with Crippen LogP contribution in [-0.4, -0.2) is 56.3 Å². The zero-order chi connectivity index (χ0) is 25.3. The summed E-state index contributed by atoms with van der Waals surface area (Å²) in [6.07, 6.45) is 2.32. The summed E-state index contributed by atoms with van der Waals surface area (Å²) >= 11 is 0. The Bertz CT molecular complexity index is 772. The minimum Gasteiger partial charge on any atom is -0.443 e. The van der Waals surface area contributed by atoms with Gasteiger partial charge >= 0.3 is 6.09 Å². The molecule has 0 bridgehead atoms. The van der Waals surface area contributed by atoms with Gasteiger partial charge in [-0.05, 0) is 46.0 Å². The maximum absolute atomic E-state index is 12.7. The van der Waals surface area contributed by atoms with Crippen molar-refractivity contribution in [2.75, 3.05) is 6.26 Å². The Morgan fingerprint density at radius 2 is 1.53 bits per heavy atom. The van der Waals surface area contributed by atoms with Gasteiger partial charge in [-0.15, -0.1) is 0 Å². The molecular formula is C21H40N4O6S. The Morgan fingerprint density at radius 1 is 0.969 bits per heavy atom. The van der Waals surface area contributed by atoms with Crippen LogP contribution in [0.3, 0.4) is 0 Å². The van der Waals surface area contributed by atoms with Gasteiger partial charge in [0.2, 0.25) is 11.8 Å². The van der Waals surface area contributed by atoms with E-state index in [4.69, 9.17) is 4.74 Å². The Hall–Kier alpha value is -2.14. The summed E-state index contributed by atoms with van der Waals surface area (Å²) in [5, 5.41) is 6.43. The highest BCUT2D eigenvalue weighted by molar-refractivity contribution is 7.93. The summed E-state index contributed by atoms with van der Waals surface area (Å²) in [5.41, 5.74) is 4.30. The first kappa shape index (κ1) is 29.9. The number of hydrogen-bond acceptors (Lipinski definition) is 7. The van der Waals surface area contributed by atoms with E-state index in [2.05, 4.69) is 21.5 Å². The van der Waals surface area contributed by atoms with Crippen molar-refractivity contribution in [1.82, 2.24) is 21.5 Å². The molecule has 0 fully saturated rings. The molecule has 10 nitrogen and oxygen atoms in total. The molecule has 3 amide bonds. The molecule has 0 heterocycles. The van der Waals surface area contributed by atoms with E-state index in [0.29, 0.717) is 6.42 Å². The van der Waals surface area contributed by atoms with Crippen molar-refractivity contribution >= 4 is 27.7 Å². The van der Waals surface area contributed by atoms with E-state index in [1.807, 2.05) is 13.8 Å². The average Bonchev–Trinajstić information content (AvgIpc) is 2.56. The highest BCUT2D eigenvalue weighted by atomic mass is 32.2. The maximum atomic E-state index is 12.7. The fraction of sp³-hybridized carbons (Fsp3) is 0.762. The van der Waals surface area contributed by atoms with E-state index >= 15 is 0 Å². The van der Waals surface area contributed by atoms with E-state index in [9.17, 15) is 22.8 Å². The topological polar surface area (TPSA) is 143 Å². The van der Waals surface area contributed by atoms with Crippen LogP contribution in [0.1, 0.15) is 61.8 Å². The van der Waals surface area contributed by atoms with Crippen LogP contribution in [0.2, 0.25) is 0 Å². The number of rotatable bonds is 11. The van der Waals surface area contributed by atoms with Crippen LogP contribution in [0.5, 0.6) is 0 Å². The average molecular weight is 477 g/mol. The zero-order valence-corrected chi connectivity index (χ0v) is 21.4. The minimum atomic E-state index is -3.33. The first-order chi connectivity index (χ1) is 14.4. The summed E-state index contributed by atoms with van der Waals surface area (Å²) in [7, 11) is -3.33. The lowest BCUT2D eigenvalue weighted by molar-refractivity contribution is -0.130. The molecule has 0 aromatic heterocycles. The van der Waals surface area contributed by atoms with Gasteiger partial charge < -0.3 is 15.4 Å². The van der Waals surface area contributed by atoms with Crippen LogP contribution < -0.4 is 21.5 Å². The largest absolute Gasteiger partial charge is 0.443 e. The van der Waals surface area contributed by atoms with Crippen molar-refractivity contribution < 1.29 is 27.5 Å². The second kappa shape index (κ2) is 12.8. The third kappa shape index (κ3) is 14.0. The summed E-state index contributed by atoms with van der Waals surface area (Å²) in [6.45, 7) is 14.2. The number of carbonyl (C=O) groups excluding carboxylic acids is 3. The number of amides is 3. The lowest BCUT2D eigenvalue weighted by Gasteiger charge is -2.26. The zero-order valence-electron chi connectivity index (χ0n) is 20.6. The van der Waals surface area contributed by atoms with E-state index in [1.54, 1.807) is 34.6 Å². The van der Waals surface area contributed by atoms with Crippen molar-refractivity contribution in [1.29, 1.82) is 0 Å². The SMILES string of the molecule is CC(C)CC(C=CS(C)(=O)=O)NC(=O)[C@H](C)NC(=O)[C@@H](NNC(=O)OC(C)(C)C)C(C)C. The summed E-state index contributed by atoms with van der Waals surface area (Å²) in [5.74, 6) is -0.926. The molecule has 0 aliphatic rings. The molecule has 0 rings (SSSR count). The Labute approximate surface area is 192 Å². The summed E-state index contributed by atoms with van der Waals surface area (Å²) < 4.78 is 27.9. The lowest BCUT2D eigenvalue weighted by atomic mass is 10.0. The fourth-order valence-electron chi connectivity index (χ4n) is 2.58. The molecule has 0 radical (unpaired) electrons. The second-order valence-electron chi connectivity index (χ2n) is 9.63. The van der Waals surface area contributed by atoms with Gasteiger partial charge in [0.25, 0.3) is 0 Å². The van der Waals surface area contributed by atoms with Crippen LogP contribution in [-0.2, 0) is 24.2 Å². The van der Waals surface area contributed by atoms with Crippen LogP contribution in [0.25, 0.3) is 0 Å². The first-order valence-corrected chi connectivity index (χ1v) is 12.6. The first-order valence-electron chi connectivity index (χ1n) is 10.6. The third-order valence-corrected chi connectivity index (χ3v) is 4.69. The third-order valence-electron chi connectivity index (χ3n) is 4.04. The number of nitrogens with one attached hydrogen (secondary N) is 4. The summed E-state index contributed by atoms with van der Waals surface area (Å²) in [4.78, 5) is 37.1. The molecule has 0 aromatic carbocycles. The van der Waals surface area contributed by atoms with Crippen molar-refractivity contribution in [2.24, 2.45) is 11.8 Å². The van der Waals surface area contributed by atoms with Crippen LogP contribution in [0, 0.1) is 11.8 Å². The molecule has 186 valence electrons. The molecule has 3 atom stereocenters. The normalized spacial score (nSPS) is 15.3. The Balaban J connectivity index is 5.05. The van der Waals surface area contributed by atoms with Gasteiger partial charge in [0, 0.05) is 17.7 Å². The molecule has 0 aliphatic carbocycles. The van der Waals surface area contributed by atoms with Gasteiger partial charge in [-0.25, -0.2) is 18.6 Å². The molecule has 0 spiro atoms. The van der Waals surface area contributed by atoms with Crippen molar-refractivity contribution in [3.05, 3.63) is 11.5 Å². The van der Waals surface area contributed by atoms with Gasteiger partial charge in [0.15, 0.2) is 9.84 Å². The van der Waals surface area contributed by atoms with Crippen molar-refractivity contribution in [2.45, 2.75) is 85.5 Å². The van der Waals surface area contributed by atoms with Gasteiger partial charge in [-0.1, -0.05) is 33.8 Å². The van der Waals surface area contributed by atoms with Crippen molar-refractivity contribution in [3.8, 4) is 0 Å². The van der Waals surface area contributed by atoms with Crippen molar-refractivity contribution in [3.63, 3.8) is 0 Å². The number of ether oxygens (including phenoxy) is 1. The predicted octanol–water partition coefficient (Wildman–Crippen LogP) is 1.63. The fourth-order valence-corrected chi connectivity index (χ4v) is 3.06. The Morgan fingerprint density at radius 3 is 1.97 bits per heavy atom. The van der Waals surface area contributed by atoms with Crippen LogP contribution >= 0.6 is 0 Å². The Kier molecular flexibility index (Phi) is 11.9. The second-order valence-corrected chi connectivity index (χ2v) is 11.6. The number of carbonyl (C=O) groups is 3. The van der Waals surface area contributed by atoms with E-state index in [1.165, 1.54) is 13.0 Å². The smallest absolute Gasteiger partial charge is 0.422 e. The van der Waals surface area contributed by atoms with E-state index in [-0.39, 0.29) is 11.8 Å². The standard InChI is InChI=1S/C21H40N4O6S/c1-13(2)12-16(10-11-32(9,29)30)23-18(26)15(5)22-19(27)17(14(3)4)24-25-20(28)31-21(6,7)8/h10-11,13-17,24H,12H2,1-9H3,(H,22,27)(H,23,26)(H,25,28)/t15-,16?,17-/m0/s1. The molecule has 1 unspecified atom stereocenters. The molecule has 0 aromatic rings. The van der Waals surface area contributed by atoms with Gasteiger partial charge in [-0.2, -0.15) is 0 Å². The molecule has 4 N–H and O–H groups in total. The molecular weight excluding hydrogens is 436 g/mol. The predicted molar refractivity (Wildman–Crippen MR) is 124 cm³/mol.